The maximum absolute atomic E-state index is 12.5. The van der Waals surface area contributed by atoms with Crippen LogP contribution >= 0.6 is 11.3 Å². The number of hydrogen-bond donors (Lipinski definition) is 1. The third-order valence-corrected chi connectivity index (χ3v) is 6.33. The van der Waals surface area contributed by atoms with E-state index < -0.39 is 16.1 Å². The smallest absolute Gasteiger partial charge is 0.261 e. The molecule has 1 N–H and O–H groups in total. The number of nitrogens with one attached hydrogen (secondary N) is 1. The SMILES string of the molecule is CC[C@@H](Oc1ccc(N(C)S(C)(=O)=O)cc1)C(=O)NCc1nc(-c2cccs2)no1. The van der Waals surface area contributed by atoms with Crippen molar-refractivity contribution in [1.82, 2.24) is 15.5 Å². The molecule has 0 aliphatic heterocycles. The molecule has 2 aromatic heterocycles. The lowest BCUT2D eigenvalue weighted by molar-refractivity contribution is -0.128. The van der Waals surface area contributed by atoms with Gasteiger partial charge in [0.15, 0.2) is 6.10 Å². The maximum atomic E-state index is 12.5. The lowest BCUT2D eigenvalue weighted by Crippen LogP contribution is -2.37. The highest BCUT2D eigenvalue weighted by Gasteiger charge is 2.20. The van der Waals surface area contributed by atoms with E-state index in [9.17, 15) is 13.2 Å². The molecule has 9 nitrogen and oxygen atoms in total. The zero-order chi connectivity index (χ0) is 21.7. The van der Waals surface area contributed by atoms with Crippen LogP contribution in [-0.2, 0) is 21.4 Å². The standard InChI is InChI=1S/C19H22N4O5S2/c1-4-15(27-14-9-7-13(8-10-14)23(2)30(3,25)26)19(24)20-12-17-21-18(22-28-17)16-6-5-11-29-16/h5-11,15H,4,12H2,1-3H3,(H,20,24)/t15-/m1/s1. The first kappa shape index (κ1) is 21.8. The van der Waals surface area contributed by atoms with Gasteiger partial charge < -0.3 is 14.6 Å². The van der Waals surface area contributed by atoms with Gasteiger partial charge >= 0.3 is 0 Å². The molecular formula is C19H22N4O5S2. The third-order valence-electron chi connectivity index (χ3n) is 4.26. The predicted octanol–water partition coefficient (Wildman–Crippen LogP) is 2.67. The van der Waals surface area contributed by atoms with Gasteiger partial charge in [0, 0.05) is 7.05 Å². The molecule has 0 spiro atoms. The van der Waals surface area contributed by atoms with Crippen molar-refractivity contribution in [2.75, 3.05) is 17.6 Å². The van der Waals surface area contributed by atoms with E-state index in [0.29, 0.717) is 29.6 Å². The van der Waals surface area contributed by atoms with Gasteiger partial charge in [0.2, 0.25) is 21.7 Å². The number of ether oxygens (including phenoxy) is 1. The van der Waals surface area contributed by atoms with Crippen molar-refractivity contribution in [2.24, 2.45) is 0 Å². The molecule has 0 aliphatic rings. The van der Waals surface area contributed by atoms with Gasteiger partial charge in [-0.15, -0.1) is 11.3 Å². The van der Waals surface area contributed by atoms with Gasteiger partial charge in [-0.1, -0.05) is 18.1 Å². The number of anilines is 1. The van der Waals surface area contributed by atoms with Crippen molar-refractivity contribution in [1.29, 1.82) is 0 Å². The van der Waals surface area contributed by atoms with Gasteiger partial charge in [0.25, 0.3) is 5.91 Å². The van der Waals surface area contributed by atoms with E-state index in [1.807, 2.05) is 24.4 Å². The predicted molar refractivity (Wildman–Crippen MR) is 114 cm³/mol. The van der Waals surface area contributed by atoms with E-state index in [1.165, 1.54) is 18.4 Å². The highest BCUT2D eigenvalue weighted by Crippen LogP contribution is 2.22. The molecule has 0 bridgehead atoms. The molecule has 0 radical (unpaired) electrons. The van der Waals surface area contributed by atoms with Crippen LogP contribution in [0, 0.1) is 0 Å². The van der Waals surface area contributed by atoms with Crippen molar-refractivity contribution < 1.29 is 22.5 Å². The molecule has 2 heterocycles. The Morgan fingerprint density at radius 2 is 2.03 bits per heavy atom. The summed E-state index contributed by atoms with van der Waals surface area (Å²) in [5.74, 6) is 0.928. The van der Waals surface area contributed by atoms with Crippen molar-refractivity contribution in [3.05, 3.63) is 47.7 Å². The number of carbonyl (C=O) groups is 1. The molecule has 1 aromatic carbocycles. The summed E-state index contributed by atoms with van der Waals surface area (Å²) in [5.41, 5.74) is 0.500. The molecule has 1 amide bonds. The average Bonchev–Trinajstić information content (AvgIpc) is 3.41. The second-order valence-electron chi connectivity index (χ2n) is 6.45. The van der Waals surface area contributed by atoms with E-state index in [0.717, 1.165) is 15.4 Å². The first-order valence-corrected chi connectivity index (χ1v) is 11.9. The van der Waals surface area contributed by atoms with Crippen LogP contribution in [0.3, 0.4) is 0 Å². The molecule has 3 aromatic rings. The van der Waals surface area contributed by atoms with Crippen molar-refractivity contribution >= 4 is 33.0 Å². The normalized spacial score (nSPS) is 12.4. The van der Waals surface area contributed by atoms with E-state index >= 15 is 0 Å². The van der Waals surface area contributed by atoms with E-state index in [-0.39, 0.29) is 12.5 Å². The maximum Gasteiger partial charge on any atom is 0.261 e. The molecule has 0 fully saturated rings. The van der Waals surface area contributed by atoms with Crippen molar-refractivity contribution in [3.63, 3.8) is 0 Å². The Kier molecular flexibility index (Phi) is 6.73. The highest BCUT2D eigenvalue weighted by atomic mass is 32.2. The lowest BCUT2D eigenvalue weighted by atomic mass is 10.2. The van der Waals surface area contributed by atoms with E-state index in [1.54, 1.807) is 24.3 Å². The van der Waals surface area contributed by atoms with Crippen LogP contribution in [0.1, 0.15) is 19.2 Å². The van der Waals surface area contributed by atoms with E-state index in [4.69, 9.17) is 9.26 Å². The second kappa shape index (κ2) is 9.26. The fraction of sp³-hybridized carbons (Fsp3) is 0.316. The fourth-order valence-electron chi connectivity index (χ4n) is 2.52. The van der Waals surface area contributed by atoms with Crippen molar-refractivity contribution in [2.45, 2.75) is 26.0 Å². The van der Waals surface area contributed by atoms with Gasteiger partial charge in [-0.05, 0) is 42.1 Å². The second-order valence-corrected chi connectivity index (χ2v) is 9.41. The Hall–Kier alpha value is -2.92. The quantitative estimate of drug-likeness (QED) is 0.533. The summed E-state index contributed by atoms with van der Waals surface area (Å²) in [6.45, 7) is 1.92. The van der Waals surface area contributed by atoms with Crippen LogP contribution in [0.4, 0.5) is 5.69 Å². The number of thiophene rings is 1. The average molecular weight is 451 g/mol. The monoisotopic (exact) mass is 450 g/mol. The van der Waals surface area contributed by atoms with Gasteiger partial charge in [0.05, 0.1) is 23.4 Å². The minimum Gasteiger partial charge on any atom is -0.481 e. The van der Waals surface area contributed by atoms with Gasteiger partial charge in [-0.2, -0.15) is 4.98 Å². The molecule has 3 rings (SSSR count). The number of nitrogens with zero attached hydrogens (tertiary/aromatic N) is 3. The lowest BCUT2D eigenvalue weighted by Gasteiger charge is -2.19. The molecule has 0 unspecified atom stereocenters. The summed E-state index contributed by atoms with van der Waals surface area (Å²) in [4.78, 5) is 17.6. The summed E-state index contributed by atoms with van der Waals surface area (Å²) in [5, 5.41) is 8.56. The molecular weight excluding hydrogens is 428 g/mol. The minimum atomic E-state index is -3.35. The number of benzene rings is 1. The van der Waals surface area contributed by atoms with E-state index in [2.05, 4.69) is 15.5 Å². The van der Waals surface area contributed by atoms with Crippen LogP contribution in [0.2, 0.25) is 0 Å². The zero-order valence-electron chi connectivity index (χ0n) is 16.7. The summed E-state index contributed by atoms with van der Waals surface area (Å²) in [7, 11) is -1.88. The fourth-order valence-corrected chi connectivity index (χ4v) is 3.68. The number of carbonyl (C=O) groups excluding carboxylic acids is 1. The van der Waals surface area contributed by atoms with Crippen LogP contribution < -0.4 is 14.4 Å². The largest absolute Gasteiger partial charge is 0.481 e. The Labute approximate surface area is 178 Å². The molecule has 30 heavy (non-hydrogen) atoms. The van der Waals surface area contributed by atoms with Gasteiger partial charge in [0.1, 0.15) is 5.75 Å². The number of amides is 1. The number of hydrogen-bond acceptors (Lipinski definition) is 8. The summed E-state index contributed by atoms with van der Waals surface area (Å²) >= 11 is 1.50. The Morgan fingerprint density at radius 3 is 2.63 bits per heavy atom. The molecule has 0 saturated heterocycles. The molecule has 0 aliphatic carbocycles. The molecule has 0 saturated carbocycles. The minimum absolute atomic E-state index is 0.0924. The highest BCUT2D eigenvalue weighted by molar-refractivity contribution is 7.92. The van der Waals surface area contributed by atoms with Crippen LogP contribution in [0.15, 0.2) is 46.3 Å². The van der Waals surface area contributed by atoms with Gasteiger partial charge in [-0.3, -0.25) is 9.10 Å². The Bertz CT molecular complexity index is 1080. The topological polar surface area (TPSA) is 115 Å². The summed E-state index contributed by atoms with van der Waals surface area (Å²) in [6.07, 6.45) is 0.853. The molecule has 1 atom stereocenters. The summed E-state index contributed by atoms with van der Waals surface area (Å²) < 4.78 is 35.3. The number of sulfonamides is 1. The summed E-state index contributed by atoms with van der Waals surface area (Å²) in [6, 6.07) is 10.3. The number of rotatable bonds is 9. The van der Waals surface area contributed by atoms with Crippen LogP contribution in [0.5, 0.6) is 5.75 Å². The zero-order valence-corrected chi connectivity index (χ0v) is 18.4. The van der Waals surface area contributed by atoms with Crippen LogP contribution in [-0.4, -0.2) is 43.9 Å². The van der Waals surface area contributed by atoms with Gasteiger partial charge in [-0.25, -0.2) is 8.42 Å². The molecule has 160 valence electrons. The van der Waals surface area contributed by atoms with Crippen LogP contribution in [0.25, 0.3) is 10.7 Å². The molecule has 11 heteroatoms. The number of aromatic nitrogens is 2. The first-order chi connectivity index (χ1) is 14.3. The first-order valence-electron chi connectivity index (χ1n) is 9.12. The Morgan fingerprint density at radius 1 is 1.30 bits per heavy atom. The Balaban J connectivity index is 1.57. The van der Waals surface area contributed by atoms with Crippen molar-refractivity contribution in [3.8, 4) is 16.5 Å². The third kappa shape index (κ3) is 5.36.